The fourth-order valence-electron chi connectivity index (χ4n) is 3.18. The van der Waals surface area contributed by atoms with Crippen LogP contribution in [-0.4, -0.2) is 30.3 Å². The predicted molar refractivity (Wildman–Crippen MR) is 136 cm³/mol. The summed E-state index contributed by atoms with van der Waals surface area (Å²) >= 11 is 0. The van der Waals surface area contributed by atoms with Crippen molar-refractivity contribution >= 4 is 29.1 Å². The van der Waals surface area contributed by atoms with E-state index >= 15 is 0 Å². The Hall–Kier alpha value is -4.81. The lowest BCUT2D eigenvalue weighted by molar-refractivity contribution is -0.111. The van der Waals surface area contributed by atoms with Gasteiger partial charge in [0.1, 0.15) is 18.5 Å². The highest BCUT2D eigenvalue weighted by Crippen LogP contribution is 2.25. The van der Waals surface area contributed by atoms with E-state index in [0.29, 0.717) is 33.9 Å². The molecule has 0 spiro atoms. The number of benzene rings is 3. The summed E-state index contributed by atoms with van der Waals surface area (Å²) in [4.78, 5) is 24.9. The number of nitrogen functional groups attached to an aromatic ring is 1. The summed E-state index contributed by atoms with van der Waals surface area (Å²) in [5, 5.41) is 23.2. The first-order valence-electron chi connectivity index (χ1n) is 11.1. The molecular formula is C27H26N4O5. The highest BCUT2D eigenvalue weighted by Gasteiger charge is 2.17. The van der Waals surface area contributed by atoms with E-state index < -0.39 is 12.2 Å². The summed E-state index contributed by atoms with van der Waals surface area (Å²) < 4.78 is 11.0. The van der Waals surface area contributed by atoms with Gasteiger partial charge in [-0.25, -0.2) is 4.79 Å². The zero-order valence-corrected chi connectivity index (χ0v) is 19.4. The number of carbonyl (C=O) groups is 2. The van der Waals surface area contributed by atoms with Crippen molar-refractivity contribution in [2.75, 3.05) is 29.6 Å². The molecule has 0 aliphatic carbocycles. The fraction of sp³-hybridized carbons (Fsp3) is 0.148. The largest absolute Gasteiger partial charge is 0.491 e. The standard InChI is InChI=1S/C27H26N4O5/c28-18-19-8-12-21(13-9-19)30-27(34)36-25(20-10-14-22(15-11-20)35-17-16-32)6-3-7-26(33)31-24-5-2-1-4-23(24)29/h1-5,7-15,25,32H,6,16-17,29H2,(H,30,34)(H,31,33)/b7-3+/t25-/m1/s1. The van der Waals surface area contributed by atoms with E-state index in [2.05, 4.69) is 10.6 Å². The number of anilines is 3. The quantitative estimate of drug-likeness (QED) is 0.245. The third-order valence-corrected chi connectivity index (χ3v) is 4.96. The molecule has 184 valence electrons. The number of nitrogens with zero attached hydrogens (tertiary/aromatic N) is 1. The molecule has 3 aromatic carbocycles. The van der Waals surface area contributed by atoms with Crippen LogP contribution in [-0.2, 0) is 9.53 Å². The Labute approximate surface area is 208 Å². The average molecular weight is 487 g/mol. The molecule has 36 heavy (non-hydrogen) atoms. The third-order valence-electron chi connectivity index (χ3n) is 4.96. The fourth-order valence-corrected chi connectivity index (χ4v) is 3.18. The van der Waals surface area contributed by atoms with E-state index in [9.17, 15) is 9.59 Å². The number of amides is 2. The van der Waals surface area contributed by atoms with Gasteiger partial charge in [0.15, 0.2) is 0 Å². The number of nitrogens with two attached hydrogens (primary N) is 1. The number of rotatable bonds is 10. The molecule has 0 unspecified atom stereocenters. The van der Waals surface area contributed by atoms with Crippen molar-refractivity contribution in [1.82, 2.24) is 0 Å². The van der Waals surface area contributed by atoms with Gasteiger partial charge in [0.05, 0.1) is 29.6 Å². The second kappa shape index (κ2) is 13.2. The van der Waals surface area contributed by atoms with E-state index in [1.807, 2.05) is 6.07 Å². The van der Waals surface area contributed by atoms with Crippen LogP contribution in [0.15, 0.2) is 84.9 Å². The van der Waals surface area contributed by atoms with Crippen LogP contribution in [0.1, 0.15) is 23.7 Å². The average Bonchev–Trinajstić information content (AvgIpc) is 2.89. The van der Waals surface area contributed by atoms with Crippen LogP contribution in [0.4, 0.5) is 21.9 Å². The maximum absolute atomic E-state index is 12.6. The maximum atomic E-state index is 12.6. The first-order valence-corrected chi connectivity index (χ1v) is 11.1. The van der Waals surface area contributed by atoms with Crippen molar-refractivity contribution in [1.29, 1.82) is 5.26 Å². The Bertz CT molecular complexity index is 1230. The van der Waals surface area contributed by atoms with Gasteiger partial charge in [-0.05, 0) is 60.2 Å². The van der Waals surface area contributed by atoms with E-state index in [1.54, 1.807) is 78.9 Å². The highest BCUT2D eigenvalue weighted by atomic mass is 16.6. The van der Waals surface area contributed by atoms with E-state index in [1.165, 1.54) is 6.08 Å². The first kappa shape index (κ1) is 25.8. The van der Waals surface area contributed by atoms with Crippen molar-refractivity contribution < 1.29 is 24.2 Å². The molecule has 9 nitrogen and oxygen atoms in total. The van der Waals surface area contributed by atoms with Gasteiger partial charge in [-0.2, -0.15) is 5.26 Å². The van der Waals surface area contributed by atoms with Crippen molar-refractivity contribution in [3.8, 4) is 11.8 Å². The molecule has 0 saturated heterocycles. The molecular weight excluding hydrogens is 460 g/mol. The van der Waals surface area contributed by atoms with Crippen molar-refractivity contribution in [2.45, 2.75) is 12.5 Å². The molecule has 9 heteroatoms. The number of nitrogens with one attached hydrogen (secondary N) is 2. The van der Waals surface area contributed by atoms with Gasteiger partial charge < -0.3 is 25.6 Å². The van der Waals surface area contributed by atoms with E-state index in [4.69, 9.17) is 25.6 Å². The minimum absolute atomic E-state index is 0.107. The molecule has 0 saturated carbocycles. The summed E-state index contributed by atoms with van der Waals surface area (Å²) in [6.07, 6.45) is 1.76. The SMILES string of the molecule is N#Cc1ccc(NC(=O)O[C@H](C/C=C/C(=O)Nc2ccccc2N)c2ccc(OCCO)cc2)cc1. The lowest BCUT2D eigenvalue weighted by Gasteiger charge is -2.18. The van der Waals surface area contributed by atoms with Crippen LogP contribution in [0, 0.1) is 11.3 Å². The van der Waals surface area contributed by atoms with Gasteiger partial charge in [-0.15, -0.1) is 0 Å². The number of aliphatic hydroxyl groups is 1. The minimum atomic E-state index is -0.707. The Morgan fingerprint density at radius 3 is 2.42 bits per heavy atom. The Balaban J connectivity index is 1.68. The predicted octanol–water partition coefficient (Wildman–Crippen LogP) is 4.39. The highest BCUT2D eigenvalue weighted by molar-refractivity contribution is 6.01. The van der Waals surface area contributed by atoms with Crippen molar-refractivity contribution in [3.05, 3.63) is 96.1 Å². The number of aliphatic hydroxyl groups excluding tert-OH is 1. The molecule has 0 aromatic heterocycles. The molecule has 0 radical (unpaired) electrons. The lowest BCUT2D eigenvalue weighted by Crippen LogP contribution is -2.17. The molecule has 3 aromatic rings. The molecule has 0 heterocycles. The van der Waals surface area contributed by atoms with Crippen LogP contribution < -0.4 is 21.1 Å². The van der Waals surface area contributed by atoms with Gasteiger partial charge in [-0.1, -0.05) is 30.3 Å². The van der Waals surface area contributed by atoms with Crippen molar-refractivity contribution in [3.63, 3.8) is 0 Å². The monoisotopic (exact) mass is 486 g/mol. The van der Waals surface area contributed by atoms with Crippen LogP contribution in [0.3, 0.4) is 0 Å². The number of hydrogen-bond acceptors (Lipinski definition) is 7. The molecule has 5 N–H and O–H groups in total. The van der Waals surface area contributed by atoms with Crippen LogP contribution >= 0.6 is 0 Å². The summed E-state index contributed by atoms with van der Waals surface area (Å²) in [5.41, 5.74) is 8.42. The maximum Gasteiger partial charge on any atom is 0.412 e. The van der Waals surface area contributed by atoms with Crippen LogP contribution in [0.5, 0.6) is 5.75 Å². The molecule has 0 fully saturated rings. The van der Waals surface area contributed by atoms with Gasteiger partial charge in [0.25, 0.3) is 0 Å². The summed E-state index contributed by atoms with van der Waals surface area (Å²) in [5.74, 6) is 0.186. The van der Waals surface area contributed by atoms with Gasteiger partial charge in [0, 0.05) is 12.1 Å². The number of ether oxygens (including phenoxy) is 2. The molecule has 0 aliphatic rings. The smallest absolute Gasteiger partial charge is 0.412 e. The molecule has 0 aliphatic heterocycles. The zero-order valence-electron chi connectivity index (χ0n) is 19.4. The second-order valence-corrected chi connectivity index (χ2v) is 7.56. The Morgan fingerprint density at radius 2 is 1.75 bits per heavy atom. The summed E-state index contributed by atoms with van der Waals surface area (Å²) in [6, 6.07) is 22.2. The van der Waals surface area contributed by atoms with E-state index in [0.717, 1.165) is 0 Å². The Kier molecular flexibility index (Phi) is 9.44. The lowest BCUT2D eigenvalue weighted by atomic mass is 10.1. The van der Waals surface area contributed by atoms with Gasteiger partial charge in [0.2, 0.25) is 5.91 Å². The normalized spacial score (nSPS) is 11.3. The zero-order chi connectivity index (χ0) is 25.8. The van der Waals surface area contributed by atoms with Gasteiger partial charge >= 0.3 is 6.09 Å². The third kappa shape index (κ3) is 7.90. The first-order chi connectivity index (χ1) is 17.5. The van der Waals surface area contributed by atoms with Crippen molar-refractivity contribution in [2.24, 2.45) is 0 Å². The molecule has 0 bridgehead atoms. The topological polar surface area (TPSA) is 147 Å². The second-order valence-electron chi connectivity index (χ2n) is 7.56. The van der Waals surface area contributed by atoms with Crippen LogP contribution in [0.2, 0.25) is 0 Å². The molecule has 2 amide bonds. The molecule has 3 rings (SSSR count). The summed E-state index contributed by atoms with van der Waals surface area (Å²) in [6.45, 7) is 0.0561. The summed E-state index contributed by atoms with van der Waals surface area (Å²) in [7, 11) is 0. The van der Waals surface area contributed by atoms with Crippen LogP contribution in [0.25, 0.3) is 0 Å². The Morgan fingerprint density at radius 1 is 1.03 bits per heavy atom. The molecule has 1 atom stereocenters. The number of para-hydroxylation sites is 2. The number of carbonyl (C=O) groups excluding carboxylic acids is 2. The van der Waals surface area contributed by atoms with Gasteiger partial charge in [-0.3, -0.25) is 10.1 Å². The number of nitriles is 1. The number of hydrogen-bond donors (Lipinski definition) is 4. The minimum Gasteiger partial charge on any atom is -0.491 e. The van der Waals surface area contributed by atoms with E-state index in [-0.39, 0.29) is 25.5 Å².